The first-order valence-electron chi connectivity index (χ1n) is 1.12. The van der Waals surface area contributed by atoms with Gasteiger partial charge in [0.05, 0.1) is 0 Å². The van der Waals surface area contributed by atoms with Crippen molar-refractivity contribution in [2.45, 2.75) is 13.2 Å². The van der Waals surface area contributed by atoms with Gasteiger partial charge in [0.2, 0.25) is 0 Å². The van der Waals surface area contributed by atoms with E-state index < -0.39 is 0 Å². The van der Waals surface area contributed by atoms with Crippen LogP contribution in [0.2, 0.25) is 6.32 Å². The van der Waals surface area contributed by atoms with E-state index in [-0.39, 0.29) is 34.0 Å². The molecule has 30 valence electrons. The average Bonchev–Trinajstić information content (AvgIpc) is 0.918. The van der Waals surface area contributed by atoms with Crippen molar-refractivity contribution in [3.05, 3.63) is 0 Å². The van der Waals surface area contributed by atoms with E-state index in [1.165, 1.54) is 0 Å². The quantitative estimate of drug-likeness (QED) is 0.342. The molecule has 5 heavy (non-hydrogen) atoms. The fourth-order valence-corrected chi connectivity index (χ4v) is 0. The normalized spacial score (nSPS) is 3.80. The molecule has 0 aromatic rings. The molecular weight excluding hydrogens is 195 g/mol. The predicted molar refractivity (Wildman–Crippen MR) is 16.2 cm³/mol. The molecule has 0 nitrogen and oxygen atoms in total. The van der Waals surface area contributed by atoms with E-state index in [4.69, 9.17) is 7.85 Å². The molecule has 3 heteroatoms. The van der Waals surface area contributed by atoms with Gasteiger partial charge in [0.1, 0.15) is 0 Å². The summed E-state index contributed by atoms with van der Waals surface area (Å²) in [5.41, 5.74) is 0. The molecule has 0 amide bonds. The van der Waals surface area contributed by atoms with Crippen LogP contribution in [0.15, 0.2) is 0 Å². The second kappa shape index (κ2) is 19.9. The molecule has 0 aromatic heterocycles. The van der Waals surface area contributed by atoms with Crippen LogP contribution in [0.25, 0.3) is 0 Å². The van der Waals surface area contributed by atoms with Crippen molar-refractivity contribution in [2.24, 2.45) is 0 Å². The molecule has 0 heterocycles. The molecule has 0 aliphatic rings. The fraction of sp³-hybridized carbons (Fsp3) is 1.00. The van der Waals surface area contributed by atoms with Gasteiger partial charge in [-0.15, -0.1) is 0 Å². The largest absolute Gasteiger partial charge is 1.00 e. The van der Waals surface area contributed by atoms with E-state index in [1.807, 2.05) is 6.92 Å². The third-order valence-corrected chi connectivity index (χ3v) is 0. The average molecular weight is 200 g/mol. The number of hydrogen-bond donors (Lipinski definition) is 0. The zero-order valence-corrected chi connectivity index (χ0v) is 6.21. The van der Waals surface area contributed by atoms with Gasteiger partial charge in [-0.3, -0.25) is 0 Å². The van der Waals surface area contributed by atoms with Gasteiger partial charge in [-0.05, 0) is 0 Å². The van der Waals surface area contributed by atoms with Crippen molar-refractivity contribution in [1.82, 2.24) is 0 Å². The van der Waals surface area contributed by atoms with Gasteiger partial charge in [0.15, 0.2) is 0 Å². The van der Waals surface area contributed by atoms with Gasteiger partial charge in [0, 0.05) is 0 Å². The van der Waals surface area contributed by atoms with Crippen molar-refractivity contribution in [1.29, 1.82) is 0 Å². The van der Waals surface area contributed by atoms with Gasteiger partial charge in [-0.2, -0.15) is 0 Å². The molecule has 0 bridgehead atoms. The molecule has 0 saturated carbocycles. The minimum absolute atomic E-state index is 0. The maximum Gasteiger partial charge on any atom is -1.00 e. The van der Waals surface area contributed by atoms with E-state index in [0.717, 1.165) is 6.32 Å². The number of halogens is 2. The Morgan fingerprint density at radius 2 is 1.40 bits per heavy atom. The van der Waals surface area contributed by atoms with Crippen LogP contribution in [0, 0.1) is 0 Å². The molecule has 0 aliphatic carbocycles. The summed E-state index contributed by atoms with van der Waals surface area (Å²) in [7, 11) is 4.85. The summed E-state index contributed by atoms with van der Waals surface area (Å²) < 4.78 is 0. The Kier molecular flexibility index (Phi) is 66.0. The monoisotopic (exact) mass is 198 g/mol. The molecule has 0 unspecified atom stereocenters. The van der Waals surface area contributed by atoms with Gasteiger partial charge in [0.25, 0.3) is 0 Å². The van der Waals surface area contributed by atoms with Crippen LogP contribution >= 0.6 is 0 Å². The van der Waals surface area contributed by atoms with Crippen molar-refractivity contribution >= 4 is 7.85 Å². The zero-order chi connectivity index (χ0) is 2.71. The van der Waals surface area contributed by atoms with Crippen LogP contribution in [-0.4, -0.2) is 7.85 Å². The summed E-state index contributed by atoms with van der Waals surface area (Å²) in [5.74, 6) is 0. The van der Waals surface area contributed by atoms with Crippen LogP contribution in [0.4, 0.5) is 0 Å². The summed E-state index contributed by atoms with van der Waals surface area (Å²) in [6.45, 7) is 1.90. The Morgan fingerprint density at radius 3 is 1.40 bits per heavy atom. The van der Waals surface area contributed by atoms with Crippen LogP contribution < -0.4 is 34.0 Å². The molecule has 0 N–H and O–H groups in total. The third-order valence-electron chi connectivity index (χ3n) is 0. The second-order valence-electron chi connectivity index (χ2n) is 0.408. The molecule has 0 atom stereocenters. The Morgan fingerprint density at radius 1 is 1.40 bits per heavy atom. The predicted octanol–water partition coefficient (Wildman–Crippen LogP) is -5.40. The smallest absolute Gasteiger partial charge is 1.00 e. The van der Waals surface area contributed by atoms with Crippen LogP contribution in [-0.2, 0) is 0 Å². The van der Waals surface area contributed by atoms with E-state index >= 15 is 0 Å². The first-order valence-corrected chi connectivity index (χ1v) is 1.12. The molecule has 0 aliphatic heterocycles. The van der Waals surface area contributed by atoms with Gasteiger partial charge in [-0.1, -0.05) is 0 Å². The van der Waals surface area contributed by atoms with E-state index in [2.05, 4.69) is 0 Å². The molecule has 0 rings (SSSR count). The van der Waals surface area contributed by atoms with Crippen LogP contribution in [0.1, 0.15) is 6.92 Å². The minimum Gasteiger partial charge on any atom is -1.00 e. The van der Waals surface area contributed by atoms with Gasteiger partial charge < -0.3 is 34.0 Å². The standard InChI is InChI=1S/C2H5B.2BrH/c1-2-3;;/h2H2,1H3;2*1H/q+2;;/p-2. The molecule has 0 saturated heterocycles. The number of hydrogen-bond acceptors (Lipinski definition) is 0. The Labute approximate surface area is 55.3 Å². The summed E-state index contributed by atoms with van der Waals surface area (Å²) >= 11 is 0. The van der Waals surface area contributed by atoms with E-state index in [0.29, 0.717) is 0 Å². The van der Waals surface area contributed by atoms with Gasteiger partial charge in [-0.25, -0.2) is 0 Å². The zero-order valence-electron chi connectivity index (χ0n) is 3.04. The Balaban J connectivity index is -0.0000000200. The van der Waals surface area contributed by atoms with Crippen LogP contribution in [0.5, 0.6) is 0 Å². The van der Waals surface area contributed by atoms with Gasteiger partial charge >= 0.3 is 21.1 Å². The first kappa shape index (κ1) is 16.6. The summed E-state index contributed by atoms with van der Waals surface area (Å²) in [6.07, 6.45) is 0.750. The SMILES string of the molecule is [B+2]CC.[Br-].[Br-]. The second-order valence-corrected chi connectivity index (χ2v) is 0.408. The molecule has 0 aromatic carbocycles. The maximum atomic E-state index is 4.85. The summed E-state index contributed by atoms with van der Waals surface area (Å²) in [6, 6.07) is 0. The molecular formula is C2H5BBr2. The number of rotatable bonds is 0. The molecule has 0 radical (unpaired) electrons. The molecule has 0 spiro atoms. The minimum atomic E-state index is 0. The third kappa shape index (κ3) is 43.8. The maximum absolute atomic E-state index is 4.85. The van der Waals surface area contributed by atoms with E-state index in [9.17, 15) is 0 Å². The Hall–Kier alpha value is 1.02. The van der Waals surface area contributed by atoms with Crippen LogP contribution in [0.3, 0.4) is 0 Å². The van der Waals surface area contributed by atoms with Crippen molar-refractivity contribution < 1.29 is 34.0 Å². The van der Waals surface area contributed by atoms with E-state index in [1.54, 1.807) is 0 Å². The summed E-state index contributed by atoms with van der Waals surface area (Å²) in [4.78, 5) is 0. The summed E-state index contributed by atoms with van der Waals surface area (Å²) in [5, 5.41) is 0. The molecule has 0 fully saturated rings. The van der Waals surface area contributed by atoms with Crippen molar-refractivity contribution in [2.75, 3.05) is 0 Å². The first-order chi connectivity index (χ1) is 1.41. The Bertz CT molecular complexity index is 7.61. The van der Waals surface area contributed by atoms with Crippen molar-refractivity contribution in [3.63, 3.8) is 0 Å². The fourth-order valence-electron chi connectivity index (χ4n) is 0. The van der Waals surface area contributed by atoms with Crippen molar-refractivity contribution in [3.8, 4) is 0 Å². The topological polar surface area (TPSA) is 0 Å².